The number of H-pyrrole nitrogens is 1. The Hall–Kier alpha value is -2.37. The number of nitrogens with one attached hydrogen (secondary N) is 2. The molecule has 2 aromatic heterocycles. The second-order valence-corrected chi connectivity index (χ2v) is 5.00. The van der Waals surface area contributed by atoms with Crippen LogP contribution in [0.5, 0.6) is 0 Å². The van der Waals surface area contributed by atoms with Gasteiger partial charge in [-0.1, -0.05) is 0 Å². The number of carbonyl (C=O) groups is 1. The Morgan fingerprint density at radius 2 is 2.05 bits per heavy atom. The number of hydrogen-bond donors (Lipinski definition) is 2. The summed E-state index contributed by atoms with van der Waals surface area (Å²) in [6.45, 7) is 4.70. The van der Waals surface area contributed by atoms with Crippen molar-refractivity contribution in [2.45, 2.75) is 33.2 Å². The fourth-order valence-corrected chi connectivity index (χ4v) is 2.14. The largest absolute Gasteiger partial charge is 0.356 e. The van der Waals surface area contributed by atoms with E-state index in [1.807, 2.05) is 26.0 Å². The van der Waals surface area contributed by atoms with Crippen LogP contribution in [-0.2, 0) is 17.8 Å². The minimum atomic E-state index is -0.158. The number of hydrogen-bond acceptors (Lipinski definition) is 3. The summed E-state index contributed by atoms with van der Waals surface area (Å²) in [5, 5.41) is 2.86. The molecule has 0 fully saturated rings. The van der Waals surface area contributed by atoms with Gasteiger partial charge in [0.15, 0.2) is 0 Å². The molecule has 0 atom stereocenters. The van der Waals surface area contributed by atoms with E-state index in [0.717, 1.165) is 23.4 Å². The first-order chi connectivity index (χ1) is 10.1. The number of aryl methyl sites for hydroxylation is 1. The van der Waals surface area contributed by atoms with E-state index in [9.17, 15) is 9.59 Å². The Morgan fingerprint density at radius 3 is 2.67 bits per heavy atom. The molecule has 0 bridgehead atoms. The van der Waals surface area contributed by atoms with Gasteiger partial charge in [0.2, 0.25) is 5.91 Å². The molecule has 0 aliphatic heterocycles. The van der Waals surface area contributed by atoms with Gasteiger partial charge in [-0.2, -0.15) is 0 Å². The predicted molar refractivity (Wildman–Crippen MR) is 80.1 cm³/mol. The molecule has 0 radical (unpaired) electrons. The molecule has 1 amide bonds. The van der Waals surface area contributed by atoms with Gasteiger partial charge in [-0.15, -0.1) is 0 Å². The van der Waals surface area contributed by atoms with Gasteiger partial charge in [0.1, 0.15) is 0 Å². The highest BCUT2D eigenvalue weighted by Gasteiger charge is 2.08. The van der Waals surface area contributed by atoms with E-state index in [4.69, 9.17) is 0 Å². The van der Waals surface area contributed by atoms with Gasteiger partial charge in [-0.05, 0) is 38.0 Å². The third-order valence-electron chi connectivity index (χ3n) is 3.53. The van der Waals surface area contributed by atoms with E-state index in [2.05, 4.69) is 15.3 Å². The Bertz CT molecular complexity index is 658. The fraction of sp³-hybridized carbons (Fsp3) is 0.400. The van der Waals surface area contributed by atoms with Gasteiger partial charge in [-0.25, -0.2) is 4.79 Å². The first-order valence-corrected chi connectivity index (χ1v) is 6.99. The minimum Gasteiger partial charge on any atom is -0.356 e. The number of aromatic nitrogens is 3. The zero-order valence-electron chi connectivity index (χ0n) is 12.3. The summed E-state index contributed by atoms with van der Waals surface area (Å²) in [4.78, 5) is 30.1. The Morgan fingerprint density at radius 1 is 1.33 bits per heavy atom. The van der Waals surface area contributed by atoms with E-state index >= 15 is 0 Å². The molecule has 0 aromatic carbocycles. The van der Waals surface area contributed by atoms with E-state index < -0.39 is 0 Å². The molecule has 0 saturated heterocycles. The molecule has 0 spiro atoms. The lowest BCUT2D eigenvalue weighted by Crippen LogP contribution is -2.28. The van der Waals surface area contributed by atoms with Crippen molar-refractivity contribution in [1.29, 1.82) is 0 Å². The third-order valence-corrected chi connectivity index (χ3v) is 3.53. The van der Waals surface area contributed by atoms with Crippen molar-refractivity contribution in [3.05, 3.63) is 52.0 Å². The summed E-state index contributed by atoms with van der Waals surface area (Å²) in [7, 11) is 0. The molecule has 2 heterocycles. The average Bonchev–Trinajstić information content (AvgIpc) is 2.71. The van der Waals surface area contributed by atoms with Crippen molar-refractivity contribution in [2.75, 3.05) is 6.54 Å². The van der Waals surface area contributed by atoms with Crippen LogP contribution in [0.15, 0.2) is 29.3 Å². The fourth-order valence-electron chi connectivity index (χ4n) is 2.14. The van der Waals surface area contributed by atoms with Crippen LogP contribution in [0, 0.1) is 13.8 Å². The number of pyridine rings is 1. The standard InChI is InChI=1S/C15H20N4O2/c1-11-12(2)19(15(21)18-11)10-6-14(20)17-9-5-13-3-7-16-8-4-13/h3-4,7-8H,5-6,9-10H2,1-2H3,(H,17,20)(H,18,21). The summed E-state index contributed by atoms with van der Waals surface area (Å²) in [5.74, 6) is -0.0470. The Kier molecular flexibility index (Phi) is 4.92. The lowest BCUT2D eigenvalue weighted by atomic mass is 10.2. The summed E-state index contributed by atoms with van der Waals surface area (Å²) in [5.41, 5.74) is 2.70. The van der Waals surface area contributed by atoms with Crippen molar-refractivity contribution in [3.63, 3.8) is 0 Å². The van der Waals surface area contributed by atoms with Gasteiger partial charge in [-0.3, -0.25) is 14.3 Å². The highest BCUT2D eigenvalue weighted by Crippen LogP contribution is 2.01. The van der Waals surface area contributed by atoms with Crippen LogP contribution in [0.4, 0.5) is 0 Å². The minimum absolute atomic E-state index is 0.0470. The molecule has 0 aliphatic rings. The normalized spacial score (nSPS) is 10.6. The van der Waals surface area contributed by atoms with Crippen LogP contribution in [0.25, 0.3) is 0 Å². The number of aromatic amines is 1. The highest BCUT2D eigenvalue weighted by atomic mass is 16.2. The monoisotopic (exact) mass is 288 g/mol. The highest BCUT2D eigenvalue weighted by molar-refractivity contribution is 5.75. The van der Waals surface area contributed by atoms with Crippen molar-refractivity contribution >= 4 is 5.91 Å². The molecule has 2 aromatic rings. The zero-order valence-corrected chi connectivity index (χ0v) is 12.3. The molecular weight excluding hydrogens is 268 g/mol. The molecule has 0 unspecified atom stereocenters. The molecule has 112 valence electrons. The number of amides is 1. The maximum Gasteiger partial charge on any atom is 0.325 e. The quantitative estimate of drug-likeness (QED) is 0.830. The van der Waals surface area contributed by atoms with Crippen LogP contribution >= 0.6 is 0 Å². The summed E-state index contributed by atoms with van der Waals surface area (Å²) < 4.78 is 1.60. The number of carbonyl (C=O) groups excluding carboxylic acids is 1. The van der Waals surface area contributed by atoms with Gasteiger partial charge in [0, 0.05) is 43.3 Å². The predicted octanol–water partition coefficient (Wildman–Crippen LogP) is 0.937. The van der Waals surface area contributed by atoms with E-state index in [0.29, 0.717) is 19.5 Å². The number of rotatable bonds is 6. The van der Waals surface area contributed by atoms with Crippen LogP contribution in [0.2, 0.25) is 0 Å². The molecule has 0 aliphatic carbocycles. The van der Waals surface area contributed by atoms with Crippen LogP contribution in [-0.4, -0.2) is 27.0 Å². The zero-order chi connectivity index (χ0) is 15.2. The summed E-state index contributed by atoms with van der Waals surface area (Å²) in [6.07, 6.45) is 4.55. The van der Waals surface area contributed by atoms with Gasteiger partial charge in [0.05, 0.1) is 0 Å². The van der Waals surface area contributed by atoms with Crippen molar-refractivity contribution in [3.8, 4) is 0 Å². The number of nitrogens with zero attached hydrogens (tertiary/aromatic N) is 2. The SMILES string of the molecule is Cc1[nH]c(=O)n(CCC(=O)NCCc2ccncc2)c1C. The Balaban J connectivity index is 1.76. The first kappa shape index (κ1) is 15.0. The average molecular weight is 288 g/mol. The molecule has 2 rings (SSSR count). The molecular formula is C15H20N4O2. The van der Waals surface area contributed by atoms with Gasteiger partial charge < -0.3 is 10.3 Å². The number of imidazole rings is 1. The molecule has 6 nitrogen and oxygen atoms in total. The third kappa shape index (κ3) is 4.05. The topological polar surface area (TPSA) is 79.8 Å². The van der Waals surface area contributed by atoms with Crippen molar-refractivity contribution in [1.82, 2.24) is 19.9 Å². The second-order valence-electron chi connectivity index (χ2n) is 5.00. The summed E-state index contributed by atoms with van der Waals surface area (Å²) in [6, 6.07) is 3.86. The lowest BCUT2D eigenvalue weighted by molar-refractivity contribution is -0.121. The van der Waals surface area contributed by atoms with Crippen LogP contribution in [0.1, 0.15) is 23.4 Å². The molecule has 2 N–H and O–H groups in total. The second kappa shape index (κ2) is 6.88. The van der Waals surface area contributed by atoms with Crippen LogP contribution < -0.4 is 11.0 Å². The maximum absolute atomic E-state index is 11.8. The summed E-state index contributed by atoms with van der Waals surface area (Å²) >= 11 is 0. The van der Waals surface area contributed by atoms with E-state index in [-0.39, 0.29) is 11.6 Å². The van der Waals surface area contributed by atoms with Crippen LogP contribution in [0.3, 0.4) is 0 Å². The van der Waals surface area contributed by atoms with Crippen molar-refractivity contribution < 1.29 is 4.79 Å². The lowest BCUT2D eigenvalue weighted by Gasteiger charge is -2.07. The first-order valence-electron chi connectivity index (χ1n) is 6.99. The smallest absolute Gasteiger partial charge is 0.325 e. The van der Waals surface area contributed by atoms with Gasteiger partial charge >= 0.3 is 5.69 Å². The maximum atomic E-state index is 11.8. The van der Waals surface area contributed by atoms with Gasteiger partial charge in [0.25, 0.3) is 0 Å². The van der Waals surface area contributed by atoms with E-state index in [1.54, 1.807) is 17.0 Å². The van der Waals surface area contributed by atoms with E-state index in [1.165, 1.54) is 0 Å². The molecule has 21 heavy (non-hydrogen) atoms. The molecule has 0 saturated carbocycles. The van der Waals surface area contributed by atoms with Crippen molar-refractivity contribution in [2.24, 2.45) is 0 Å². The Labute approximate surface area is 123 Å². The molecule has 6 heteroatoms.